The van der Waals surface area contributed by atoms with Crippen LogP contribution < -0.4 is 5.32 Å². The summed E-state index contributed by atoms with van der Waals surface area (Å²) < 4.78 is 0.607. The number of nitro groups is 1. The van der Waals surface area contributed by atoms with Crippen molar-refractivity contribution in [2.75, 3.05) is 5.32 Å². The molecule has 4 rings (SSSR count). The molecule has 0 atom stereocenters. The molecule has 0 unspecified atom stereocenters. The van der Waals surface area contributed by atoms with Gasteiger partial charge in [0.2, 0.25) is 0 Å². The number of aromatic nitrogens is 3. The summed E-state index contributed by atoms with van der Waals surface area (Å²) in [7, 11) is 0. The molecule has 1 N–H and O–H groups in total. The van der Waals surface area contributed by atoms with E-state index >= 15 is 0 Å². The number of nitrogens with one attached hydrogen (secondary N) is 1. The highest BCUT2D eigenvalue weighted by Crippen LogP contribution is 2.33. The van der Waals surface area contributed by atoms with Crippen LogP contribution in [0.1, 0.15) is 5.56 Å². The first-order valence-corrected chi connectivity index (χ1v) is 9.15. The number of nitro benzene ring substituents is 1. The Kier molecular flexibility index (Phi) is 4.66. The van der Waals surface area contributed by atoms with Crippen molar-refractivity contribution < 1.29 is 4.92 Å². The molecule has 0 aliphatic heterocycles. The Morgan fingerprint density at radius 3 is 2.81 bits per heavy atom. The smallest absolute Gasteiger partial charge is 0.269 e. The molecular formula is C18H12ClN5O2S. The Hall–Kier alpha value is -3.10. The van der Waals surface area contributed by atoms with Gasteiger partial charge in [0.25, 0.3) is 5.69 Å². The molecular weight excluding hydrogens is 386 g/mol. The van der Waals surface area contributed by atoms with Gasteiger partial charge >= 0.3 is 0 Å². The normalized spacial score (nSPS) is 10.9. The molecule has 0 aliphatic rings. The molecule has 0 saturated carbocycles. The third-order valence-corrected chi connectivity index (χ3v) is 5.00. The first-order chi connectivity index (χ1) is 13.1. The number of nitrogens with zero attached hydrogens (tertiary/aromatic N) is 4. The Morgan fingerprint density at radius 1 is 1.15 bits per heavy atom. The van der Waals surface area contributed by atoms with Gasteiger partial charge in [0, 0.05) is 24.9 Å². The van der Waals surface area contributed by atoms with Crippen molar-refractivity contribution in [3.8, 4) is 11.5 Å². The minimum absolute atomic E-state index is 0.0508. The number of anilines is 1. The molecule has 0 spiro atoms. The molecule has 4 aromatic rings. The van der Waals surface area contributed by atoms with E-state index in [1.54, 1.807) is 18.3 Å². The van der Waals surface area contributed by atoms with E-state index in [1.807, 2.05) is 24.3 Å². The van der Waals surface area contributed by atoms with Crippen molar-refractivity contribution in [2.45, 2.75) is 6.54 Å². The van der Waals surface area contributed by atoms with E-state index < -0.39 is 4.92 Å². The Bertz CT molecular complexity index is 1130. The van der Waals surface area contributed by atoms with Crippen LogP contribution in [0.3, 0.4) is 0 Å². The van der Waals surface area contributed by atoms with E-state index in [9.17, 15) is 10.1 Å². The maximum absolute atomic E-state index is 11.0. The molecule has 1 aromatic carbocycles. The lowest BCUT2D eigenvalue weighted by Crippen LogP contribution is -2.04. The molecule has 0 aliphatic carbocycles. The summed E-state index contributed by atoms with van der Waals surface area (Å²) in [6, 6.07) is 13.8. The van der Waals surface area contributed by atoms with Crippen molar-refractivity contribution >= 4 is 44.7 Å². The van der Waals surface area contributed by atoms with Crippen molar-refractivity contribution in [3.05, 3.63) is 74.7 Å². The summed E-state index contributed by atoms with van der Waals surface area (Å²) in [6.45, 7) is 0.378. The van der Waals surface area contributed by atoms with Gasteiger partial charge in [0.05, 0.1) is 14.6 Å². The Balaban J connectivity index is 1.70. The van der Waals surface area contributed by atoms with Crippen molar-refractivity contribution in [1.29, 1.82) is 0 Å². The number of fused-ring (bicyclic) bond motifs is 1. The first kappa shape index (κ1) is 17.3. The predicted octanol–water partition coefficient (Wildman–Crippen LogP) is 4.93. The molecule has 0 radical (unpaired) electrons. The zero-order valence-electron chi connectivity index (χ0n) is 13.8. The minimum atomic E-state index is -0.412. The number of benzene rings is 1. The van der Waals surface area contributed by atoms with E-state index in [0.717, 1.165) is 15.8 Å². The van der Waals surface area contributed by atoms with E-state index in [2.05, 4.69) is 20.3 Å². The number of pyridine rings is 1. The monoisotopic (exact) mass is 397 g/mol. The molecule has 3 heterocycles. The fourth-order valence-corrected chi connectivity index (χ4v) is 3.69. The topological polar surface area (TPSA) is 93.8 Å². The molecule has 7 nitrogen and oxygen atoms in total. The molecule has 9 heteroatoms. The number of halogens is 1. The van der Waals surface area contributed by atoms with Crippen LogP contribution in [0, 0.1) is 10.1 Å². The zero-order valence-corrected chi connectivity index (χ0v) is 15.4. The molecule has 3 aromatic heterocycles. The van der Waals surface area contributed by atoms with Crippen molar-refractivity contribution in [3.63, 3.8) is 0 Å². The van der Waals surface area contributed by atoms with E-state index in [1.165, 1.54) is 23.5 Å². The van der Waals surface area contributed by atoms with Crippen LogP contribution in [0.2, 0.25) is 4.34 Å². The van der Waals surface area contributed by atoms with Crippen LogP contribution in [0.25, 0.3) is 21.7 Å². The quantitative estimate of drug-likeness (QED) is 0.379. The van der Waals surface area contributed by atoms with Gasteiger partial charge in [-0.25, -0.2) is 9.97 Å². The molecule has 134 valence electrons. The zero-order chi connectivity index (χ0) is 18.8. The summed E-state index contributed by atoms with van der Waals surface area (Å²) in [5.41, 5.74) is 1.48. The fourth-order valence-electron chi connectivity index (χ4n) is 2.60. The lowest BCUT2D eigenvalue weighted by molar-refractivity contribution is -0.384. The summed E-state index contributed by atoms with van der Waals surface area (Å²) in [6.07, 6.45) is 1.68. The molecule has 0 bridgehead atoms. The van der Waals surface area contributed by atoms with Crippen molar-refractivity contribution in [2.24, 2.45) is 0 Å². The highest BCUT2D eigenvalue weighted by atomic mass is 35.5. The number of non-ortho nitro benzene ring substituents is 1. The summed E-state index contributed by atoms with van der Waals surface area (Å²) in [4.78, 5) is 24.7. The van der Waals surface area contributed by atoms with E-state index in [-0.39, 0.29) is 5.69 Å². The highest BCUT2D eigenvalue weighted by molar-refractivity contribution is 7.22. The van der Waals surface area contributed by atoms with E-state index in [4.69, 9.17) is 11.6 Å². The van der Waals surface area contributed by atoms with E-state index in [0.29, 0.717) is 28.2 Å². The first-order valence-electron chi connectivity index (χ1n) is 7.96. The van der Waals surface area contributed by atoms with Gasteiger partial charge in [-0.3, -0.25) is 15.1 Å². The second-order valence-corrected chi connectivity index (χ2v) is 7.32. The number of hydrogen-bond acceptors (Lipinski definition) is 7. The van der Waals surface area contributed by atoms with Crippen LogP contribution in [0.5, 0.6) is 0 Å². The van der Waals surface area contributed by atoms with Gasteiger partial charge in [0.1, 0.15) is 16.3 Å². The van der Waals surface area contributed by atoms with Crippen molar-refractivity contribution in [1.82, 2.24) is 15.0 Å². The standard InChI is InChI=1S/C18H12ClN5O2S/c19-15-9-13-16(21-10-11-4-3-5-12(8-11)24(25)26)22-17(23-18(13)27-15)14-6-1-2-7-20-14/h1-9H,10H2,(H,21,22,23). The number of rotatable bonds is 5. The summed E-state index contributed by atoms with van der Waals surface area (Å²) in [5, 5.41) is 15.0. The second-order valence-electron chi connectivity index (χ2n) is 5.66. The summed E-state index contributed by atoms with van der Waals surface area (Å²) >= 11 is 7.52. The molecule has 0 fully saturated rings. The van der Waals surface area contributed by atoms with Gasteiger partial charge in [-0.05, 0) is 23.8 Å². The molecule has 0 saturated heterocycles. The number of thiophene rings is 1. The molecule has 0 amide bonds. The largest absolute Gasteiger partial charge is 0.365 e. The van der Waals surface area contributed by atoms with Crippen LogP contribution in [-0.4, -0.2) is 19.9 Å². The number of hydrogen-bond donors (Lipinski definition) is 1. The SMILES string of the molecule is O=[N+]([O-])c1cccc(CNc2nc(-c3ccccn3)nc3sc(Cl)cc23)c1. The van der Waals surface area contributed by atoms with Gasteiger partial charge < -0.3 is 5.32 Å². The second kappa shape index (κ2) is 7.26. The third-order valence-electron chi connectivity index (χ3n) is 3.84. The van der Waals surface area contributed by atoms with Gasteiger partial charge in [-0.1, -0.05) is 29.8 Å². The minimum Gasteiger partial charge on any atom is -0.365 e. The third kappa shape index (κ3) is 3.71. The maximum Gasteiger partial charge on any atom is 0.269 e. The lowest BCUT2D eigenvalue weighted by atomic mass is 10.2. The average molecular weight is 398 g/mol. The fraction of sp³-hybridized carbons (Fsp3) is 0.0556. The van der Waals surface area contributed by atoms with Gasteiger partial charge in [-0.2, -0.15) is 0 Å². The Labute approximate surface area is 162 Å². The van der Waals surface area contributed by atoms with Crippen LogP contribution >= 0.6 is 22.9 Å². The molecule has 27 heavy (non-hydrogen) atoms. The predicted molar refractivity (Wildman–Crippen MR) is 106 cm³/mol. The van der Waals surface area contributed by atoms with Crippen LogP contribution in [0.4, 0.5) is 11.5 Å². The van der Waals surface area contributed by atoms with Gasteiger partial charge in [-0.15, -0.1) is 11.3 Å². The average Bonchev–Trinajstić information content (AvgIpc) is 3.07. The van der Waals surface area contributed by atoms with Crippen LogP contribution in [0.15, 0.2) is 54.7 Å². The van der Waals surface area contributed by atoms with Crippen LogP contribution in [-0.2, 0) is 6.54 Å². The maximum atomic E-state index is 11.0. The highest BCUT2D eigenvalue weighted by Gasteiger charge is 2.13. The lowest BCUT2D eigenvalue weighted by Gasteiger charge is -2.09. The Morgan fingerprint density at radius 2 is 2.04 bits per heavy atom. The summed E-state index contributed by atoms with van der Waals surface area (Å²) in [5.74, 6) is 1.10. The van der Waals surface area contributed by atoms with Gasteiger partial charge in [0.15, 0.2) is 5.82 Å².